The van der Waals surface area contributed by atoms with Crippen molar-refractivity contribution in [2.75, 3.05) is 0 Å². The van der Waals surface area contributed by atoms with Crippen LogP contribution in [0.5, 0.6) is 0 Å². The van der Waals surface area contributed by atoms with Crippen LogP contribution >= 0.6 is 0 Å². The van der Waals surface area contributed by atoms with Crippen LogP contribution in [-0.2, 0) is 0 Å². The normalized spacial score (nSPS) is 16.2. The maximum absolute atomic E-state index is 9.00. The highest BCUT2D eigenvalue weighted by molar-refractivity contribution is 6.59. The third-order valence-corrected chi connectivity index (χ3v) is 2.18. The van der Waals surface area contributed by atoms with Gasteiger partial charge >= 0.3 is 7.12 Å². The molecule has 0 radical (unpaired) electrons. The smallest absolute Gasteiger partial charge is 0.423 e. The van der Waals surface area contributed by atoms with Crippen molar-refractivity contribution in [1.29, 1.82) is 0 Å². The molecule has 3 nitrogen and oxygen atoms in total. The molecule has 0 saturated heterocycles. The van der Waals surface area contributed by atoms with E-state index < -0.39 is 7.12 Å². The molecule has 2 rings (SSSR count). The monoisotopic (exact) mass is 163 g/mol. The fourth-order valence-electron chi connectivity index (χ4n) is 1.40. The molecule has 0 aromatic carbocycles. The summed E-state index contributed by atoms with van der Waals surface area (Å²) < 4.78 is 0. The molecule has 1 aromatic rings. The summed E-state index contributed by atoms with van der Waals surface area (Å²) in [5.41, 5.74) is 1.60. The number of rotatable bonds is 2. The molecule has 0 bridgehead atoms. The first-order chi connectivity index (χ1) is 5.79. The molecular weight excluding hydrogens is 153 g/mol. The predicted molar refractivity (Wildman–Crippen MR) is 46.0 cm³/mol. The Bertz CT molecular complexity index is 265. The summed E-state index contributed by atoms with van der Waals surface area (Å²) in [4.78, 5) is 3.86. The average molecular weight is 163 g/mol. The summed E-state index contributed by atoms with van der Waals surface area (Å²) in [6.45, 7) is 0. The summed E-state index contributed by atoms with van der Waals surface area (Å²) in [5, 5.41) is 18.0. The van der Waals surface area contributed by atoms with Gasteiger partial charge in [-0.3, -0.25) is 4.98 Å². The van der Waals surface area contributed by atoms with Gasteiger partial charge in [0.05, 0.1) is 0 Å². The first kappa shape index (κ1) is 7.77. The van der Waals surface area contributed by atoms with Crippen molar-refractivity contribution in [1.82, 2.24) is 4.98 Å². The minimum atomic E-state index is -1.38. The molecule has 1 aliphatic carbocycles. The van der Waals surface area contributed by atoms with E-state index in [9.17, 15) is 0 Å². The summed E-state index contributed by atoms with van der Waals surface area (Å²) in [5.74, 6) is 0.532. The second kappa shape index (κ2) is 2.88. The largest absolute Gasteiger partial charge is 0.490 e. The van der Waals surface area contributed by atoms with Crippen molar-refractivity contribution in [2.24, 2.45) is 0 Å². The highest BCUT2D eigenvalue weighted by Gasteiger charge is 2.28. The lowest BCUT2D eigenvalue weighted by Crippen LogP contribution is -2.33. The van der Waals surface area contributed by atoms with Crippen LogP contribution in [0.2, 0.25) is 0 Å². The van der Waals surface area contributed by atoms with Crippen LogP contribution in [0.15, 0.2) is 18.5 Å². The highest BCUT2D eigenvalue weighted by atomic mass is 16.4. The van der Waals surface area contributed by atoms with E-state index >= 15 is 0 Å². The minimum absolute atomic E-state index is 0.532. The van der Waals surface area contributed by atoms with Crippen LogP contribution in [0.4, 0.5) is 0 Å². The quantitative estimate of drug-likeness (QED) is 0.585. The van der Waals surface area contributed by atoms with Gasteiger partial charge in [-0.2, -0.15) is 0 Å². The maximum Gasteiger partial charge on any atom is 0.490 e. The number of hydrogen-bond acceptors (Lipinski definition) is 3. The molecular formula is C8H10BNO2. The molecule has 2 N–H and O–H groups in total. The average Bonchev–Trinajstić information content (AvgIpc) is 2.87. The molecule has 1 aromatic heterocycles. The van der Waals surface area contributed by atoms with Crippen molar-refractivity contribution in [3.8, 4) is 0 Å². The molecule has 0 atom stereocenters. The Kier molecular flexibility index (Phi) is 1.86. The predicted octanol–water partition coefficient (Wildman–Crippen LogP) is -0.361. The van der Waals surface area contributed by atoms with Gasteiger partial charge in [0, 0.05) is 17.9 Å². The minimum Gasteiger partial charge on any atom is -0.423 e. The second-order valence-electron chi connectivity index (χ2n) is 3.15. The Labute approximate surface area is 71.2 Å². The third kappa shape index (κ3) is 1.35. The Morgan fingerprint density at radius 3 is 2.75 bits per heavy atom. The summed E-state index contributed by atoms with van der Waals surface area (Å²) >= 11 is 0. The van der Waals surface area contributed by atoms with Crippen LogP contribution < -0.4 is 5.46 Å². The lowest BCUT2D eigenvalue weighted by Gasteiger charge is -2.05. The SMILES string of the molecule is OB(O)c1cnccc1C1CC1. The van der Waals surface area contributed by atoms with Crippen molar-refractivity contribution in [3.63, 3.8) is 0 Å². The molecule has 0 unspecified atom stereocenters. The summed E-state index contributed by atoms with van der Waals surface area (Å²) in [6, 6.07) is 1.87. The van der Waals surface area contributed by atoms with Gasteiger partial charge in [-0.05, 0) is 30.4 Å². The van der Waals surface area contributed by atoms with E-state index in [4.69, 9.17) is 10.0 Å². The lowest BCUT2D eigenvalue weighted by molar-refractivity contribution is 0.425. The van der Waals surface area contributed by atoms with E-state index in [-0.39, 0.29) is 0 Å². The molecule has 1 saturated carbocycles. The van der Waals surface area contributed by atoms with Gasteiger partial charge in [0.2, 0.25) is 0 Å². The zero-order chi connectivity index (χ0) is 8.55. The standard InChI is InChI=1S/C8H10BNO2/c11-9(12)8-5-10-4-3-7(8)6-1-2-6/h3-6,11-12H,1-2H2. The van der Waals surface area contributed by atoms with Crippen LogP contribution in [0.1, 0.15) is 24.3 Å². The van der Waals surface area contributed by atoms with Gasteiger partial charge < -0.3 is 10.0 Å². The third-order valence-electron chi connectivity index (χ3n) is 2.18. The first-order valence-electron chi connectivity index (χ1n) is 4.09. The van der Waals surface area contributed by atoms with E-state index in [1.54, 1.807) is 6.20 Å². The zero-order valence-corrected chi connectivity index (χ0v) is 6.64. The molecule has 1 aliphatic rings. The van der Waals surface area contributed by atoms with Crippen LogP contribution in [0, 0.1) is 0 Å². The van der Waals surface area contributed by atoms with Crippen LogP contribution in [-0.4, -0.2) is 22.2 Å². The summed E-state index contributed by atoms with van der Waals surface area (Å²) in [6.07, 6.45) is 5.53. The Balaban J connectivity index is 2.36. The van der Waals surface area contributed by atoms with Crippen molar-refractivity contribution in [2.45, 2.75) is 18.8 Å². The van der Waals surface area contributed by atoms with Crippen LogP contribution in [0.25, 0.3) is 0 Å². The number of aromatic nitrogens is 1. The van der Waals surface area contributed by atoms with Crippen LogP contribution in [0.3, 0.4) is 0 Å². The Morgan fingerprint density at radius 2 is 2.17 bits per heavy atom. The highest BCUT2D eigenvalue weighted by Crippen LogP contribution is 2.38. The topological polar surface area (TPSA) is 53.4 Å². The van der Waals surface area contributed by atoms with Gasteiger partial charge in [-0.1, -0.05) is 0 Å². The van der Waals surface area contributed by atoms with Crippen molar-refractivity contribution < 1.29 is 10.0 Å². The van der Waals surface area contributed by atoms with Gasteiger partial charge in [-0.25, -0.2) is 0 Å². The molecule has 0 aliphatic heterocycles. The molecule has 62 valence electrons. The van der Waals surface area contributed by atoms with E-state index in [1.807, 2.05) is 6.07 Å². The van der Waals surface area contributed by atoms with Gasteiger partial charge in [-0.15, -0.1) is 0 Å². The van der Waals surface area contributed by atoms with Gasteiger partial charge in [0.1, 0.15) is 0 Å². The second-order valence-corrected chi connectivity index (χ2v) is 3.15. The number of pyridine rings is 1. The lowest BCUT2D eigenvalue weighted by atomic mass is 9.77. The van der Waals surface area contributed by atoms with E-state index in [1.165, 1.54) is 6.20 Å². The number of nitrogens with zero attached hydrogens (tertiary/aromatic N) is 1. The number of hydrogen-bond donors (Lipinski definition) is 2. The van der Waals surface area contributed by atoms with Gasteiger partial charge in [0.15, 0.2) is 0 Å². The Hall–Kier alpha value is -0.865. The van der Waals surface area contributed by atoms with Gasteiger partial charge in [0.25, 0.3) is 0 Å². The molecule has 0 spiro atoms. The molecule has 0 amide bonds. The summed E-state index contributed by atoms with van der Waals surface area (Å²) in [7, 11) is -1.38. The van der Waals surface area contributed by atoms with E-state index in [0.29, 0.717) is 11.4 Å². The van der Waals surface area contributed by atoms with E-state index in [0.717, 1.165) is 18.4 Å². The zero-order valence-electron chi connectivity index (χ0n) is 6.64. The molecule has 1 heterocycles. The Morgan fingerprint density at radius 1 is 1.42 bits per heavy atom. The first-order valence-corrected chi connectivity index (χ1v) is 4.09. The molecule has 4 heteroatoms. The fraction of sp³-hybridized carbons (Fsp3) is 0.375. The fourth-order valence-corrected chi connectivity index (χ4v) is 1.40. The maximum atomic E-state index is 9.00. The molecule has 1 fully saturated rings. The molecule has 12 heavy (non-hydrogen) atoms. The van der Waals surface area contributed by atoms with Crippen molar-refractivity contribution in [3.05, 3.63) is 24.0 Å². The van der Waals surface area contributed by atoms with E-state index in [2.05, 4.69) is 4.98 Å². The van der Waals surface area contributed by atoms with Crippen molar-refractivity contribution >= 4 is 12.6 Å².